The fourth-order valence-electron chi connectivity index (χ4n) is 2.83. The van der Waals surface area contributed by atoms with E-state index in [9.17, 15) is 14.9 Å². The molecule has 0 aliphatic carbocycles. The van der Waals surface area contributed by atoms with E-state index >= 15 is 0 Å². The minimum atomic E-state index is -0.502. The minimum Gasteiger partial charge on any atom is -0.345 e. The number of amides is 1. The van der Waals surface area contributed by atoms with Crippen molar-refractivity contribution < 1.29 is 9.72 Å². The van der Waals surface area contributed by atoms with Crippen LogP contribution in [-0.4, -0.2) is 20.4 Å². The second-order valence-electron chi connectivity index (χ2n) is 5.98. The topological polar surface area (TPSA) is 90.1 Å². The van der Waals surface area contributed by atoms with Crippen LogP contribution in [0.4, 0.5) is 10.8 Å². The molecule has 0 atom stereocenters. The van der Waals surface area contributed by atoms with Crippen LogP contribution in [0.3, 0.4) is 0 Å². The Kier molecular flexibility index (Phi) is 5.18. The Balaban J connectivity index is 1.78. The monoisotopic (exact) mass is 382 g/mol. The molecule has 3 aromatic rings. The molecule has 1 N–H and O–H groups in total. The summed E-state index contributed by atoms with van der Waals surface area (Å²) < 4.78 is 2.15. The maximum Gasteiger partial charge on any atom is 0.269 e. The van der Waals surface area contributed by atoms with Crippen LogP contribution in [0.1, 0.15) is 21.7 Å². The van der Waals surface area contributed by atoms with Crippen molar-refractivity contribution in [1.82, 2.24) is 9.55 Å². The molecule has 27 heavy (non-hydrogen) atoms. The van der Waals surface area contributed by atoms with E-state index in [0.29, 0.717) is 10.7 Å². The number of carbonyl (C=O) groups is 1. The van der Waals surface area contributed by atoms with Gasteiger partial charge in [0.15, 0.2) is 5.13 Å². The molecule has 0 fully saturated rings. The SMILES string of the molecule is C=CCn1c(C)cc(-c2csc(NC(=O)c3ccc([N+](=O)[O-])cc3)n2)c1C. The molecular weight excluding hydrogens is 364 g/mol. The number of allylic oxidation sites excluding steroid dienone is 1. The van der Waals surface area contributed by atoms with Crippen LogP contribution in [0.25, 0.3) is 11.3 Å². The minimum absolute atomic E-state index is 0.0574. The van der Waals surface area contributed by atoms with Gasteiger partial charge in [-0.05, 0) is 32.0 Å². The van der Waals surface area contributed by atoms with Crippen molar-refractivity contribution in [1.29, 1.82) is 0 Å². The number of non-ortho nitro benzene ring substituents is 1. The number of benzene rings is 1. The third kappa shape index (κ3) is 3.80. The highest BCUT2D eigenvalue weighted by Crippen LogP contribution is 2.30. The molecular formula is C19H18N4O3S. The first kappa shape index (κ1) is 18.5. The number of aryl methyl sites for hydroxylation is 1. The number of nitrogens with zero attached hydrogens (tertiary/aromatic N) is 3. The molecule has 8 heteroatoms. The summed E-state index contributed by atoms with van der Waals surface area (Å²) in [6.45, 7) is 8.57. The highest BCUT2D eigenvalue weighted by Gasteiger charge is 2.15. The van der Waals surface area contributed by atoms with Crippen LogP contribution in [0.15, 0.2) is 48.4 Å². The van der Waals surface area contributed by atoms with Crippen LogP contribution in [0, 0.1) is 24.0 Å². The average Bonchev–Trinajstić information content (AvgIpc) is 3.21. The van der Waals surface area contributed by atoms with Gasteiger partial charge in [0.05, 0.1) is 10.6 Å². The van der Waals surface area contributed by atoms with E-state index in [1.165, 1.54) is 35.6 Å². The van der Waals surface area contributed by atoms with Crippen molar-refractivity contribution in [3.8, 4) is 11.3 Å². The Bertz CT molecular complexity index is 1020. The number of thiazole rings is 1. The third-order valence-electron chi connectivity index (χ3n) is 4.23. The lowest BCUT2D eigenvalue weighted by Gasteiger charge is -2.05. The molecule has 0 aliphatic rings. The van der Waals surface area contributed by atoms with Crippen molar-refractivity contribution in [3.05, 3.63) is 75.4 Å². The Hall–Kier alpha value is -3.26. The zero-order chi connectivity index (χ0) is 19.6. The second-order valence-corrected chi connectivity index (χ2v) is 6.84. The van der Waals surface area contributed by atoms with Crippen LogP contribution in [-0.2, 0) is 6.54 Å². The van der Waals surface area contributed by atoms with Gasteiger partial charge in [0.1, 0.15) is 0 Å². The van der Waals surface area contributed by atoms with Crippen LogP contribution in [0.5, 0.6) is 0 Å². The van der Waals surface area contributed by atoms with Gasteiger partial charge in [0.25, 0.3) is 11.6 Å². The van der Waals surface area contributed by atoms with Gasteiger partial charge in [-0.15, -0.1) is 17.9 Å². The van der Waals surface area contributed by atoms with Gasteiger partial charge >= 0.3 is 0 Å². The van der Waals surface area contributed by atoms with Crippen molar-refractivity contribution in [2.45, 2.75) is 20.4 Å². The smallest absolute Gasteiger partial charge is 0.269 e. The summed E-state index contributed by atoms with van der Waals surface area (Å²) in [5.41, 5.74) is 4.29. The van der Waals surface area contributed by atoms with E-state index < -0.39 is 4.92 Å². The Morgan fingerprint density at radius 2 is 2.07 bits per heavy atom. The van der Waals surface area contributed by atoms with Gasteiger partial charge in [-0.1, -0.05) is 6.08 Å². The third-order valence-corrected chi connectivity index (χ3v) is 4.98. The zero-order valence-electron chi connectivity index (χ0n) is 14.9. The molecule has 0 aliphatic heterocycles. The van der Waals surface area contributed by atoms with Crippen LogP contribution < -0.4 is 5.32 Å². The summed E-state index contributed by atoms with van der Waals surface area (Å²) in [6.07, 6.45) is 1.85. The van der Waals surface area contributed by atoms with Gasteiger partial charge in [0.2, 0.25) is 0 Å². The van der Waals surface area contributed by atoms with E-state index in [4.69, 9.17) is 0 Å². The number of aromatic nitrogens is 2. The maximum absolute atomic E-state index is 12.3. The van der Waals surface area contributed by atoms with E-state index in [2.05, 4.69) is 27.5 Å². The molecule has 0 radical (unpaired) electrons. The van der Waals surface area contributed by atoms with Gasteiger partial charge in [-0.3, -0.25) is 20.2 Å². The van der Waals surface area contributed by atoms with Gasteiger partial charge in [0, 0.05) is 46.6 Å². The maximum atomic E-state index is 12.3. The first-order chi connectivity index (χ1) is 12.9. The largest absolute Gasteiger partial charge is 0.345 e. The van der Waals surface area contributed by atoms with E-state index in [-0.39, 0.29) is 11.6 Å². The quantitative estimate of drug-likeness (QED) is 0.384. The van der Waals surface area contributed by atoms with Crippen molar-refractivity contribution >= 4 is 28.1 Å². The molecule has 3 rings (SSSR count). The van der Waals surface area contributed by atoms with Gasteiger partial charge in [-0.25, -0.2) is 4.98 Å². The highest BCUT2D eigenvalue weighted by atomic mass is 32.1. The van der Waals surface area contributed by atoms with E-state index in [1.54, 1.807) is 0 Å². The predicted molar refractivity (Wildman–Crippen MR) is 106 cm³/mol. The summed E-state index contributed by atoms with van der Waals surface area (Å²) >= 11 is 1.33. The second kappa shape index (κ2) is 7.55. The van der Waals surface area contributed by atoms with Crippen molar-refractivity contribution in [3.63, 3.8) is 0 Å². The number of hydrogen-bond donors (Lipinski definition) is 1. The lowest BCUT2D eigenvalue weighted by atomic mass is 10.2. The number of rotatable bonds is 6. The number of nitro benzene ring substituents is 1. The molecule has 2 heterocycles. The number of hydrogen-bond acceptors (Lipinski definition) is 5. The lowest BCUT2D eigenvalue weighted by Crippen LogP contribution is -2.11. The molecule has 2 aromatic heterocycles. The van der Waals surface area contributed by atoms with Crippen molar-refractivity contribution in [2.24, 2.45) is 0 Å². The summed E-state index contributed by atoms with van der Waals surface area (Å²) in [4.78, 5) is 27.0. The zero-order valence-corrected chi connectivity index (χ0v) is 15.7. The Labute approximate surface area is 160 Å². The fraction of sp³-hybridized carbons (Fsp3) is 0.158. The summed E-state index contributed by atoms with van der Waals surface area (Å²) in [6, 6.07) is 7.51. The predicted octanol–water partition coefficient (Wildman–Crippen LogP) is 4.57. The summed E-state index contributed by atoms with van der Waals surface area (Å²) in [5, 5.41) is 15.8. The van der Waals surface area contributed by atoms with Gasteiger partial charge < -0.3 is 4.57 Å². The average molecular weight is 382 g/mol. The standard InChI is InChI=1S/C19H18N4O3S/c1-4-9-22-12(2)10-16(13(22)3)17-11-27-19(20-17)21-18(24)14-5-7-15(8-6-14)23(25)26/h4-8,10-11H,1,9H2,2-3H3,(H,20,21,24). The normalized spacial score (nSPS) is 10.6. The first-order valence-corrected chi connectivity index (χ1v) is 9.08. The summed E-state index contributed by atoms with van der Waals surface area (Å²) in [5.74, 6) is -0.358. The molecule has 0 bridgehead atoms. The lowest BCUT2D eigenvalue weighted by molar-refractivity contribution is -0.384. The van der Waals surface area contributed by atoms with Crippen LogP contribution in [0.2, 0.25) is 0 Å². The summed E-state index contributed by atoms with van der Waals surface area (Å²) in [7, 11) is 0. The van der Waals surface area contributed by atoms with Crippen LogP contribution >= 0.6 is 11.3 Å². The van der Waals surface area contributed by atoms with E-state index in [1.807, 2.05) is 25.3 Å². The van der Waals surface area contributed by atoms with Crippen molar-refractivity contribution in [2.75, 3.05) is 5.32 Å². The number of nitro groups is 1. The molecule has 0 unspecified atom stereocenters. The number of carbonyl (C=O) groups excluding carboxylic acids is 1. The molecule has 1 amide bonds. The first-order valence-electron chi connectivity index (χ1n) is 8.20. The molecule has 0 saturated heterocycles. The van der Waals surface area contributed by atoms with E-state index in [0.717, 1.165) is 29.2 Å². The molecule has 0 spiro atoms. The Morgan fingerprint density at radius 1 is 1.37 bits per heavy atom. The fourth-order valence-corrected chi connectivity index (χ4v) is 3.53. The molecule has 1 aromatic carbocycles. The van der Waals surface area contributed by atoms with Gasteiger partial charge in [-0.2, -0.15) is 0 Å². The number of anilines is 1. The highest BCUT2D eigenvalue weighted by molar-refractivity contribution is 7.14. The number of nitrogens with one attached hydrogen (secondary N) is 1. The molecule has 7 nitrogen and oxygen atoms in total. The molecule has 0 saturated carbocycles. The molecule has 138 valence electrons. The Morgan fingerprint density at radius 3 is 2.70 bits per heavy atom.